The Morgan fingerprint density at radius 2 is 1.50 bits per heavy atom. The van der Waals surface area contributed by atoms with Gasteiger partial charge in [-0.1, -0.05) is 0 Å². The van der Waals surface area contributed by atoms with Gasteiger partial charge < -0.3 is 0 Å². The van der Waals surface area contributed by atoms with E-state index in [-0.39, 0.29) is 0 Å². The van der Waals surface area contributed by atoms with Crippen molar-refractivity contribution in [3.05, 3.63) is 0 Å². The van der Waals surface area contributed by atoms with Crippen LogP contribution in [0.3, 0.4) is 0 Å². The van der Waals surface area contributed by atoms with E-state index in [4.69, 9.17) is 26.8 Å². The van der Waals surface area contributed by atoms with Crippen molar-refractivity contribution in [2.75, 3.05) is 0 Å². The van der Waals surface area contributed by atoms with E-state index in [9.17, 15) is 0 Å². The average molecular weight is 322 g/mol. The summed E-state index contributed by atoms with van der Waals surface area (Å²) in [4.78, 5) is 0. The Bertz CT molecular complexity index is 150. The van der Waals surface area contributed by atoms with Crippen molar-refractivity contribution < 1.29 is 0 Å². The summed E-state index contributed by atoms with van der Waals surface area (Å²) in [6.07, 6.45) is 0. The van der Waals surface area contributed by atoms with E-state index in [0.29, 0.717) is 0 Å². The first-order chi connectivity index (χ1) is 4.21. The molecule has 0 aromatic rings. The second kappa shape index (κ2) is 3.91. The third-order valence-corrected chi connectivity index (χ3v) is 5.24. The second-order valence-electron chi connectivity index (χ2n) is 3.00. The summed E-state index contributed by atoms with van der Waals surface area (Å²) in [5.41, 5.74) is 3.05. The predicted octanol–water partition coefficient (Wildman–Crippen LogP) is 3.06. The molecule has 0 bridgehead atoms. The van der Waals surface area contributed by atoms with Crippen LogP contribution in [0.15, 0.2) is 0 Å². The maximum atomic E-state index is 5.63. The molecule has 0 aliphatic heterocycles. The van der Waals surface area contributed by atoms with Crippen molar-refractivity contribution in [2.45, 2.75) is 19.6 Å². The molecular formula is C5H9Cl3SiSn. The molecule has 0 rings (SSSR count). The minimum atomic E-state index is -3.33. The molecule has 0 saturated heterocycles. The van der Waals surface area contributed by atoms with Crippen LogP contribution in [0, 0.1) is 9.48 Å². The number of hydrogen-bond acceptors (Lipinski definition) is 0. The Hall–Kier alpha value is 1.45. The molecule has 0 fully saturated rings. The molecule has 0 atom stereocenters. The zero-order valence-corrected chi connectivity index (χ0v) is 12.3. The Morgan fingerprint density at radius 1 is 1.10 bits per heavy atom. The monoisotopic (exact) mass is 322 g/mol. The third-order valence-electron chi connectivity index (χ3n) is 0.579. The van der Waals surface area contributed by atoms with E-state index < -0.39 is 23.1 Å². The summed E-state index contributed by atoms with van der Waals surface area (Å²) < 4.78 is 2.78. The fraction of sp³-hybridized carbons (Fsp3) is 0.600. The molecule has 0 aliphatic carbocycles. The quantitative estimate of drug-likeness (QED) is 0.475. The fourth-order valence-corrected chi connectivity index (χ4v) is 8.05. The summed E-state index contributed by atoms with van der Waals surface area (Å²) in [5.74, 6) is 0. The topological polar surface area (TPSA) is 0 Å². The zero-order chi connectivity index (χ0) is 8.41. The molecule has 58 valence electrons. The summed E-state index contributed by atoms with van der Waals surface area (Å²) in [6, 6.07) is 0. The van der Waals surface area contributed by atoms with Crippen molar-refractivity contribution in [2.24, 2.45) is 0 Å². The van der Waals surface area contributed by atoms with Crippen LogP contribution in [0.25, 0.3) is 0 Å². The first kappa shape index (κ1) is 11.4. The third kappa shape index (κ3) is 9.45. The molecule has 0 heterocycles. The van der Waals surface area contributed by atoms with E-state index in [1.807, 2.05) is 0 Å². The van der Waals surface area contributed by atoms with Crippen LogP contribution in [0.1, 0.15) is 0 Å². The molecule has 5 heteroatoms. The van der Waals surface area contributed by atoms with Crippen molar-refractivity contribution in [3.63, 3.8) is 0 Å². The molecule has 0 nitrogen and oxygen atoms in total. The van der Waals surface area contributed by atoms with Gasteiger partial charge in [-0.15, -0.1) is 0 Å². The van der Waals surface area contributed by atoms with Crippen LogP contribution >= 0.6 is 26.8 Å². The standard InChI is InChI=1S/C5H9Si.3ClH.Sn/c1-5-6(2,3)4;;;;/h2-4H3;3*1H;/q;;;;+3/p-3. The van der Waals surface area contributed by atoms with Crippen LogP contribution in [0.2, 0.25) is 19.6 Å². The van der Waals surface area contributed by atoms with Crippen LogP contribution in [-0.2, 0) is 0 Å². The molecule has 0 aromatic carbocycles. The Morgan fingerprint density at radius 3 is 1.60 bits per heavy atom. The molecule has 0 N–H and O–H groups in total. The van der Waals surface area contributed by atoms with Gasteiger partial charge in [-0.05, 0) is 0 Å². The molecule has 0 radical (unpaired) electrons. The Kier molecular flexibility index (Phi) is 4.47. The van der Waals surface area contributed by atoms with Gasteiger partial charge >= 0.3 is 79.0 Å². The van der Waals surface area contributed by atoms with Crippen LogP contribution in [0.5, 0.6) is 0 Å². The second-order valence-corrected chi connectivity index (χ2v) is 26.6. The van der Waals surface area contributed by atoms with Crippen LogP contribution in [-0.4, -0.2) is 23.1 Å². The SMILES string of the molecule is C[Si](C)(C)C#[C][Sn]([Cl])([Cl])[Cl]. The Balaban J connectivity index is 4.19. The van der Waals surface area contributed by atoms with Gasteiger partial charge in [0, 0.05) is 0 Å². The number of hydrogen-bond donors (Lipinski definition) is 0. The molecular weight excluding hydrogens is 313 g/mol. The summed E-state index contributed by atoms with van der Waals surface area (Å²) in [6.45, 7) is 6.38. The van der Waals surface area contributed by atoms with E-state index >= 15 is 0 Å². The van der Waals surface area contributed by atoms with Crippen molar-refractivity contribution in [1.82, 2.24) is 0 Å². The van der Waals surface area contributed by atoms with E-state index in [0.717, 1.165) is 0 Å². The maximum absolute atomic E-state index is 5.63. The average Bonchev–Trinajstić information content (AvgIpc) is 1.57. The molecule has 10 heavy (non-hydrogen) atoms. The van der Waals surface area contributed by atoms with Crippen LogP contribution < -0.4 is 0 Å². The van der Waals surface area contributed by atoms with Gasteiger partial charge in [-0.3, -0.25) is 0 Å². The molecule has 0 spiro atoms. The normalized spacial score (nSPS) is 12.2. The van der Waals surface area contributed by atoms with Gasteiger partial charge in [-0.2, -0.15) is 0 Å². The van der Waals surface area contributed by atoms with Gasteiger partial charge in [-0.25, -0.2) is 0 Å². The van der Waals surface area contributed by atoms with Crippen molar-refractivity contribution >= 4 is 49.8 Å². The summed E-state index contributed by atoms with van der Waals surface area (Å²) in [5, 5.41) is 0. The van der Waals surface area contributed by atoms with Crippen LogP contribution in [0.4, 0.5) is 0 Å². The fourth-order valence-electron chi connectivity index (χ4n) is 0.258. The van der Waals surface area contributed by atoms with E-state index in [2.05, 4.69) is 29.1 Å². The molecule has 0 unspecified atom stereocenters. The summed E-state index contributed by atoms with van der Waals surface area (Å²) >= 11 is -3.33. The van der Waals surface area contributed by atoms with Crippen molar-refractivity contribution in [1.29, 1.82) is 0 Å². The van der Waals surface area contributed by atoms with Gasteiger partial charge in [0.2, 0.25) is 0 Å². The first-order valence-electron chi connectivity index (χ1n) is 2.82. The van der Waals surface area contributed by atoms with Gasteiger partial charge in [0.15, 0.2) is 0 Å². The number of halogens is 3. The predicted molar refractivity (Wildman–Crippen MR) is 54.4 cm³/mol. The first-order valence-corrected chi connectivity index (χ1v) is 18.6. The Labute approximate surface area is 78.3 Å². The molecule has 0 amide bonds. The molecule has 0 aliphatic rings. The van der Waals surface area contributed by atoms with E-state index in [1.165, 1.54) is 0 Å². The van der Waals surface area contributed by atoms with Gasteiger partial charge in [0.1, 0.15) is 0 Å². The van der Waals surface area contributed by atoms with Gasteiger partial charge in [0.25, 0.3) is 0 Å². The summed E-state index contributed by atoms with van der Waals surface area (Å²) in [7, 11) is 15.6. The minimum absolute atomic E-state index is 1.33. The van der Waals surface area contributed by atoms with Gasteiger partial charge in [0.05, 0.1) is 0 Å². The van der Waals surface area contributed by atoms with E-state index in [1.54, 1.807) is 0 Å². The number of rotatable bonds is 0. The molecule has 0 aromatic heterocycles. The zero-order valence-electron chi connectivity index (χ0n) is 6.13. The molecule has 0 saturated carbocycles. The van der Waals surface area contributed by atoms with Crippen molar-refractivity contribution in [3.8, 4) is 9.48 Å².